The maximum absolute atomic E-state index is 12.5. The van der Waals surface area contributed by atoms with Gasteiger partial charge in [0.2, 0.25) is 52.9 Å². The zero-order chi connectivity index (χ0) is 113. The van der Waals surface area contributed by atoms with Gasteiger partial charge in [0.1, 0.15) is 22.5 Å². The number of thioether (sulfide) groups is 1. The summed E-state index contributed by atoms with van der Waals surface area (Å²) in [6.07, 6.45) is 22.3. The number of H-pyrrole nitrogens is 12. The van der Waals surface area contributed by atoms with Gasteiger partial charge < -0.3 is 88.7 Å². The van der Waals surface area contributed by atoms with E-state index in [0.717, 1.165) is 129 Å². The number of anilines is 12. The molecule has 11 aromatic rings. The van der Waals surface area contributed by atoms with Crippen LogP contribution in [0.4, 0.5) is 78.8 Å². The van der Waals surface area contributed by atoms with E-state index in [0.29, 0.717) is 53.1 Å². The van der Waals surface area contributed by atoms with Gasteiger partial charge in [0.15, 0.2) is 39.3 Å². The van der Waals surface area contributed by atoms with Crippen LogP contribution in [-0.2, 0) is 33.6 Å². The van der Waals surface area contributed by atoms with Crippen molar-refractivity contribution >= 4 is 158 Å². The van der Waals surface area contributed by atoms with Gasteiger partial charge in [-0.05, 0) is 112 Å². The molecule has 0 bridgehead atoms. The molecule has 60 nitrogen and oxygen atoms in total. The Kier molecular flexibility index (Phi) is 64.5. The summed E-state index contributed by atoms with van der Waals surface area (Å²) < 4.78 is 35.8. The molecule has 65 heteroatoms. The average molecular weight is 2170 g/mol. The Bertz CT molecular complexity index is 5940. The van der Waals surface area contributed by atoms with E-state index in [1.54, 1.807) is 59.2 Å². The molecule has 818 valence electrons. The fourth-order valence-electron chi connectivity index (χ4n) is 9.38. The monoisotopic (exact) mass is 2160 g/mol. The van der Waals surface area contributed by atoms with Crippen LogP contribution in [0, 0.1) is 47.6 Å². The van der Waals surface area contributed by atoms with Crippen molar-refractivity contribution in [3.05, 3.63) is 135 Å². The number of aromatic nitrogens is 25. The minimum Gasteiger partial charge on any atom is -0.504 e. The zero-order valence-electron chi connectivity index (χ0n) is 87.4. The van der Waals surface area contributed by atoms with Crippen LogP contribution in [0.1, 0.15) is 76.2 Å². The molecule has 0 radical (unpaired) electrons. The van der Waals surface area contributed by atoms with Crippen LogP contribution in [-0.4, -0.2) is 387 Å². The number of allylic oxidation sites excluding steroid dienone is 2. The molecule has 1 fully saturated rings. The number of nitrogen functional groups attached to an aromatic ring is 1. The van der Waals surface area contributed by atoms with Gasteiger partial charge in [0, 0.05) is 194 Å². The summed E-state index contributed by atoms with van der Waals surface area (Å²) in [6, 6.07) is 4.45. The first-order chi connectivity index (χ1) is 70.7. The lowest BCUT2D eigenvalue weighted by Gasteiger charge is -2.19. The summed E-state index contributed by atoms with van der Waals surface area (Å²) in [4.78, 5) is 171. The number of Topliss-reactive ketones (excluding diaryl/α,β-unsaturated/α-hetero) is 1. The normalized spacial score (nSPS) is 11.7. The van der Waals surface area contributed by atoms with Crippen molar-refractivity contribution in [3.63, 3.8) is 0 Å². The number of carbonyl (C=O) groups is 6. The van der Waals surface area contributed by atoms with Crippen molar-refractivity contribution < 1.29 is 66.5 Å². The number of hydrogen-bond acceptors (Lipinski definition) is 50. The van der Waals surface area contributed by atoms with E-state index in [1.165, 1.54) is 46.8 Å². The predicted molar refractivity (Wildman–Crippen MR) is 568 cm³/mol. The number of hydrogen-bond donors (Lipinski definition) is 17. The molecule has 0 spiro atoms. The van der Waals surface area contributed by atoms with Crippen LogP contribution in [0.15, 0.2) is 110 Å². The van der Waals surface area contributed by atoms with Crippen LogP contribution < -0.4 is 98.3 Å². The highest BCUT2D eigenvalue weighted by atomic mass is 32.2. The molecule has 1 aliphatic carbocycles. The van der Waals surface area contributed by atoms with E-state index < -0.39 is 52.0 Å². The molecule has 1 unspecified atom stereocenters. The number of halogens is 1. The highest BCUT2D eigenvalue weighted by Gasteiger charge is 2.35. The topological polar surface area (TPSA) is 754 Å². The van der Waals surface area contributed by atoms with E-state index in [1.807, 2.05) is 170 Å². The fourth-order valence-corrected chi connectivity index (χ4v) is 11.7. The highest BCUT2D eigenvalue weighted by molar-refractivity contribution is 8.15. The van der Waals surface area contributed by atoms with E-state index >= 15 is 0 Å². The van der Waals surface area contributed by atoms with Gasteiger partial charge in [-0.1, -0.05) is 30.0 Å². The number of nitrogens with two attached hydrogens (primary N) is 1. The molecule has 149 heavy (non-hydrogen) atoms. The number of rotatable bonds is 28. The molecule has 13 heterocycles. The smallest absolute Gasteiger partial charge is 0.440 e. The van der Waals surface area contributed by atoms with Crippen molar-refractivity contribution in [1.82, 2.24) is 151 Å². The average Bonchev–Trinajstić information content (AvgIpc) is 1.72. The van der Waals surface area contributed by atoms with Gasteiger partial charge in [-0.3, -0.25) is 82.0 Å². The molecule has 1 saturated heterocycles. The Hall–Kier alpha value is -17.2. The lowest BCUT2D eigenvalue weighted by molar-refractivity contribution is -0.191. The van der Waals surface area contributed by atoms with Crippen LogP contribution >= 0.6 is 47.2 Å². The van der Waals surface area contributed by atoms with Gasteiger partial charge in [0.25, 0.3) is 40.0 Å². The van der Waals surface area contributed by atoms with Crippen molar-refractivity contribution in [2.45, 2.75) is 81.5 Å². The third kappa shape index (κ3) is 49.3. The second kappa shape index (κ2) is 72.9. The summed E-state index contributed by atoms with van der Waals surface area (Å²) in [5.74, 6) is 9.05. The Morgan fingerprint density at radius 2 is 1.07 bits per heavy atom. The summed E-state index contributed by atoms with van der Waals surface area (Å²) in [6.45, 7) is 32.3. The van der Waals surface area contributed by atoms with Crippen molar-refractivity contribution in [3.8, 4) is 37.0 Å². The van der Waals surface area contributed by atoms with Crippen LogP contribution in [0.3, 0.4) is 0 Å². The molecule has 1 atom stereocenters. The first kappa shape index (κ1) is 132. The van der Waals surface area contributed by atoms with E-state index in [2.05, 4.69) is 178 Å². The zero-order valence-corrected chi connectivity index (χ0v) is 90.7. The van der Waals surface area contributed by atoms with Gasteiger partial charge in [-0.2, -0.15) is 64.4 Å². The highest BCUT2D eigenvalue weighted by Crippen LogP contribution is 2.22. The summed E-state index contributed by atoms with van der Waals surface area (Å²) in [5.41, 5.74) is 4.70. The van der Waals surface area contributed by atoms with Crippen molar-refractivity contribution in [2.24, 2.45) is 0 Å². The predicted octanol–water partition coefficient (Wildman–Crippen LogP) is 2.08. The number of carbonyl (C=O) groups excluding carboxylic acids is 8. The van der Waals surface area contributed by atoms with E-state index in [9.17, 15) is 57.1 Å². The number of likely N-dealkylation sites (N-methyl/N-ethyl adjacent to an activating group) is 3. The third-order valence-electron chi connectivity index (χ3n) is 19.2. The maximum Gasteiger partial charge on any atom is 0.440 e. The minimum atomic E-state index is -0.788. The summed E-state index contributed by atoms with van der Waals surface area (Å²) >= 11 is 8.34. The van der Waals surface area contributed by atoms with Gasteiger partial charge in [-0.15, -0.1) is 49.9 Å². The number of aliphatic hydroxyl groups is 2. The third-order valence-corrected chi connectivity index (χ3v) is 22.1. The molecule has 18 N–H and O–H groups in total. The van der Waals surface area contributed by atoms with Gasteiger partial charge in [0.05, 0.1) is 49.9 Å². The molecular weight excluding hydrogens is 2030 g/mol. The van der Waals surface area contributed by atoms with Crippen LogP contribution in [0.2, 0.25) is 0 Å². The largest absolute Gasteiger partial charge is 0.504 e. The number of imide groups is 2. The number of terminal acetylenes is 3. The van der Waals surface area contributed by atoms with Crippen molar-refractivity contribution in [2.75, 3.05) is 250 Å². The minimum absolute atomic E-state index is 0.0136. The fraction of sp³-hybridized carbons (Fsp3) is 0.476. The van der Waals surface area contributed by atoms with Crippen LogP contribution in [0.25, 0.3) is 0 Å². The second-order valence-corrected chi connectivity index (χ2v) is 32.3. The Balaban J connectivity index is 0.00000158. The quantitative estimate of drug-likeness (QED) is 0.0144. The SMILES string of the molecule is C#CCN(C)C1=C(O)C(=O)NC1=O.C#CCN(C)C1=CC(=O)C=C(O)C1=O.C#CCN(C)C1SC(=O)NC1=O.CCN(C)c1cc(=O)[nH]o1.CCN(C)c1cc(=O)[nH]s1.CCN(C)c1cc(=O)o[nH]1.CCN(C)c1cn[nH]n1.CCN(C)c1cn[nH]n1.CCN(C)c1n[nH][nH]c1=S.CCN(C)c1n[nH]c(N)n1.CCN(C)c1n[nH]nc1F.CCN(C)c1ncn[nH]1.CCN(C)c1noc(=O)[nH]1.CCN(C)c1ns[nH]c1=O.O=C=O. The lowest BCUT2D eigenvalue weighted by atomic mass is 10.1. The molecule has 11 aromatic heterocycles. The van der Waals surface area contributed by atoms with E-state index in [4.69, 9.17) is 61.5 Å². The molecule has 14 rings (SSSR count). The molecule has 4 amide bonds. The molecule has 0 aromatic carbocycles. The second-order valence-electron chi connectivity index (χ2n) is 29.4. The molecular formula is C84H133FN42O18S4. The number of amides is 4. The molecule has 0 saturated carbocycles. The first-order valence-corrected chi connectivity index (χ1v) is 47.4. The van der Waals surface area contributed by atoms with E-state index in [-0.39, 0.29) is 69.9 Å². The first-order valence-electron chi connectivity index (χ1n) is 44.5. The Labute approximate surface area is 873 Å². The Morgan fingerprint density at radius 3 is 1.46 bits per heavy atom. The van der Waals surface area contributed by atoms with Gasteiger partial charge in [-0.25, -0.2) is 30.2 Å². The Morgan fingerprint density at radius 1 is 0.530 bits per heavy atom. The number of nitrogens with zero attached hydrogens (tertiary/aromatic N) is 27. The molecule has 3 aliphatic rings. The number of aromatic amines is 12. The van der Waals surface area contributed by atoms with Gasteiger partial charge >= 0.3 is 23.1 Å². The lowest BCUT2D eigenvalue weighted by Crippen LogP contribution is -2.36. The van der Waals surface area contributed by atoms with Crippen molar-refractivity contribution in [1.29, 1.82) is 0 Å². The summed E-state index contributed by atoms with van der Waals surface area (Å²) in [5, 5.41) is 82.1. The number of ketones is 2. The van der Waals surface area contributed by atoms with Crippen LogP contribution in [0.5, 0.6) is 0 Å². The summed E-state index contributed by atoms with van der Waals surface area (Å²) in [7, 11) is 25.6. The standard InChI is InChI=1S/C10H9NO3.C8H8N2O3.C7H8N2O2S.2C6H10N2O2.C6H10N2OS.C5H9FN4.C5H11N5.C5H10N4S.3C5H10N4.C5H9N3O2.C5H9N3OS.CO2/c1-3-4-11(2)8-5-7(12)6-9(13)10(8)14;1-3-4-10(2)5-6(11)8(13)9-7(5)12;1-3-4-9(2)6-5(10)8-7(11)12-6;1-3-8(2)6-4-5(9)7-10-6;1-3-8(2)5-4-6(9)10-7-5;1-3-8(2)6-4-5(9)7-10-6;1-3-10(2)5-4(6)7-9-8-5;1-3-10(2)5-7-4(6)8-9-5;1-3-9(2)4-5(10)7-8-6-4;1-3-9(2)5-6-4-7-8-5;2*1-3-9(2)5-4-6-8-7-5;1-3-8(2)4-6-5(9)10-7-4;1-3-8(2)4-5(9)7-10-6-4;2-1-3/h1,5-6,13H,4H2,2H3;1H,4H2,2H3,(H2,9,11,12,13);1,6H,4H2,2H3,(H,8,10,11);4H,3H2,1-2H3,(H,7,9);4,7H,3H2,1-2H3;4H,3H2,1-2H3,(H,7,9);3H2,1-2H3,(H,7,8,9);3H2,1-2H3,(H3,6,7,8,9);3H2,1-2H3,(H2,6,7,8,10);3*4H,3H2,1-2H3,(H,6,7,8);3H2,1-2H3,(H,6,7,9);3H2,1-2H3,(H,7,9);. The number of aliphatic hydroxyl groups excluding tert-OH is 2. The maximum atomic E-state index is 12.5. The molecule has 2 aliphatic heterocycles. The number of nitrogens with one attached hydrogen (secondary N) is 14.